The molecule has 24 heavy (non-hydrogen) atoms. The molecule has 1 unspecified atom stereocenters. The van der Waals surface area contributed by atoms with Crippen LogP contribution in [0.3, 0.4) is 0 Å². The summed E-state index contributed by atoms with van der Waals surface area (Å²) in [5, 5.41) is 13.3. The number of benzene rings is 2. The molecule has 0 spiro atoms. The first kappa shape index (κ1) is 17.4. The number of carbonyl (C=O) groups is 2. The van der Waals surface area contributed by atoms with Gasteiger partial charge in [-0.1, -0.05) is 41.9 Å². The monoisotopic (exact) mass is 348 g/mol. The summed E-state index contributed by atoms with van der Waals surface area (Å²) in [7, 11) is 1.21. The molecule has 0 heterocycles. The highest BCUT2D eigenvalue weighted by Gasteiger charge is 2.25. The van der Waals surface area contributed by atoms with E-state index in [0.29, 0.717) is 5.56 Å². The minimum atomic E-state index is -1.03. The maximum atomic E-state index is 12.4. The summed E-state index contributed by atoms with van der Waals surface area (Å²) in [6.07, 6.45) is 0. The highest BCUT2D eigenvalue weighted by Crippen LogP contribution is 2.25. The molecule has 0 radical (unpaired) electrons. The van der Waals surface area contributed by atoms with Crippen molar-refractivity contribution < 1.29 is 19.2 Å². The van der Waals surface area contributed by atoms with Crippen molar-refractivity contribution in [3.05, 3.63) is 74.8 Å². The summed E-state index contributed by atoms with van der Waals surface area (Å²) >= 11 is 5.72. The Balaban J connectivity index is 2.30. The van der Waals surface area contributed by atoms with Gasteiger partial charge in [-0.3, -0.25) is 14.9 Å². The van der Waals surface area contributed by atoms with Crippen LogP contribution in [0.15, 0.2) is 48.5 Å². The second kappa shape index (κ2) is 7.56. The standard InChI is InChI=1S/C16H13ClN2O5/c1-24-16(21)14(10-5-3-2-4-6-10)18-15(20)11-7-8-12(17)13(9-11)19(22)23/h2-9,14H,1H3,(H,18,20). The number of nitro groups is 1. The smallest absolute Gasteiger partial charge is 0.333 e. The maximum Gasteiger partial charge on any atom is 0.333 e. The molecule has 1 N–H and O–H groups in total. The Labute approximate surface area is 142 Å². The van der Waals surface area contributed by atoms with Crippen LogP contribution in [0.1, 0.15) is 22.0 Å². The van der Waals surface area contributed by atoms with Gasteiger partial charge < -0.3 is 10.1 Å². The van der Waals surface area contributed by atoms with Gasteiger partial charge in [-0.25, -0.2) is 4.79 Å². The molecule has 7 nitrogen and oxygen atoms in total. The van der Waals surface area contributed by atoms with Gasteiger partial charge in [0.05, 0.1) is 12.0 Å². The topological polar surface area (TPSA) is 98.5 Å². The van der Waals surface area contributed by atoms with Crippen LogP contribution in [0.5, 0.6) is 0 Å². The van der Waals surface area contributed by atoms with Crippen molar-refractivity contribution in [1.82, 2.24) is 5.32 Å². The molecule has 124 valence electrons. The fraction of sp³-hybridized carbons (Fsp3) is 0.125. The number of methoxy groups -OCH3 is 1. The van der Waals surface area contributed by atoms with E-state index in [9.17, 15) is 19.7 Å². The van der Waals surface area contributed by atoms with E-state index in [-0.39, 0.29) is 10.6 Å². The van der Waals surface area contributed by atoms with E-state index in [2.05, 4.69) is 5.32 Å². The SMILES string of the molecule is COC(=O)C(NC(=O)c1ccc(Cl)c([N+](=O)[O-])c1)c1ccccc1. The van der Waals surface area contributed by atoms with Gasteiger partial charge in [-0.2, -0.15) is 0 Å². The van der Waals surface area contributed by atoms with E-state index in [4.69, 9.17) is 16.3 Å². The molecule has 0 saturated carbocycles. The van der Waals surface area contributed by atoms with Gasteiger partial charge in [-0.05, 0) is 17.7 Å². The number of amides is 1. The van der Waals surface area contributed by atoms with E-state index in [1.165, 1.54) is 19.2 Å². The molecule has 0 aliphatic rings. The molecule has 0 bridgehead atoms. The van der Waals surface area contributed by atoms with Gasteiger partial charge in [0, 0.05) is 11.6 Å². The van der Waals surface area contributed by atoms with Crippen molar-refractivity contribution in [1.29, 1.82) is 0 Å². The molecule has 2 aromatic carbocycles. The predicted molar refractivity (Wildman–Crippen MR) is 86.8 cm³/mol. The molecule has 0 aliphatic heterocycles. The lowest BCUT2D eigenvalue weighted by atomic mass is 10.1. The molecule has 8 heteroatoms. The first-order valence-corrected chi connectivity index (χ1v) is 7.19. The second-order valence-electron chi connectivity index (χ2n) is 4.76. The summed E-state index contributed by atoms with van der Waals surface area (Å²) < 4.78 is 4.70. The Hall–Kier alpha value is -2.93. The predicted octanol–water partition coefficient (Wildman–Crippen LogP) is 2.89. The molecule has 1 atom stereocenters. The fourth-order valence-electron chi connectivity index (χ4n) is 2.05. The molecule has 1 amide bonds. The zero-order chi connectivity index (χ0) is 17.7. The number of hydrogen-bond acceptors (Lipinski definition) is 5. The third-order valence-electron chi connectivity index (χ3n) is 3.25. The number of hydrogen-bond donors (Lipinski definition) is 1. The Bertz CT molecular complexity index is 779. The Morgan fingerprint density at radius 3 is 2.46 bits per heavy atom. The van der Waals surface area contributed by atoms with Gasteiger partial charge in [0.15, 0.2) is 6.04 Å². The van der Waals surface area contributed by atoms with Crippen molar-refractivity contribution in [3.63, 3.8) is 0 Å². The summed E-state index contributed by atoms with van der Waals surface area (Å²) in [5.41, 5.74) is 0.149. The van der Waals surface area contributed by atoms with Crippen molar-refractivity contribution in [2.24, 2.45) is 0 Å². The van der Waals surface area contributed by atoms with Crippen LogP contribution in [0.2, 0.25) is 5.02 Å². The minimum absolute atomic E-state index is 0.0101. The van der Waals surface area contributed by atoms with Gasteiger partial charge in [0.25, 0.3) is 11.6 Å². The van der Waals surface area contributed by atoms with E-state index >= 15 is 0 Å². The number of carbonyl (C=O) groups excluding carboxylic acids is 2. The largest absolute Gasteiger partial charge is 0.467 e. The molecular formula is C16H13ClN2O5. The van der Waals surface area contributed by atoms with Crippen LogP contribution < -0.4 is 5.32 Å². The number of esters is 1. The quantitative estimate of drug-likeness (QED) is 0.509. The number of nitrogens with zero attached hydrogens (tertiary/aromatic N) is 1. The maximum absolute atomic E-state index is 12.4. The molecule has 0 aliphatic carbocycles. The molecule has 0 aromatic heterocycles. The van der Waals surface area contributed by atoms with Gasteiger partial charge in [0.1, 0.15) is 5.02 Å². The Kier molecular flexibility index (Phi) is 5.49. The number of nitrogens with one attached hydrogen (secondary N) is 1. The van der Waals surface area contributed by atoms with Crippen molar-refractivity contribution in [3.8, 4) is 0 Å². The lowest BCUT2D eigenvalue weighted by molar-refractivity contribution is -0.384. The summed E-state index contributed by atoms with van der Waals surface area (Å²) in [6, 6.07) is 11.1. The van der Waals surface area contributed by atoms with Crippen molar-refractivity contribution >= 4 is 29.2 Å². The molecule has 2 aromatic rings. The van der Waals surface area contributed by atoms with E-state index in [1.54, 1.807) is 30.3 Å². The number of halogens is 1. The molecule has 0 fully saturated rings. The molecule has 0 saturated heterocycles. The zero-order valence-corrected chi connectivity index (χ0v) is 13.3. The third kappa shape index (κ3) is 3.88. The normalized spacial score (nSPS) is 11.4. The lowest BCUT2D eigenvalue weighted by Gasteiger charge is -2.17. The first-order chi connectivity index (χ1) is 11.4. The van der Waals surface area contributed by atoms with Gasteiger partial charge >= 0.3 is 5.97 Å². The fourth-order valence-corrected chi connectivity index (χ4v) is 2.24. The van der Waals surface area contributed by atoms with Crippen molar-refractivity contribution in [2.75, 3.05) is 7.11 Å². The van der Waals surface area contributed by atoms with Crippen LogP contribution in [0, 0.1) is 10.1 Å². The number of rotatable bonds is 5. The average Bonchev–Trinajstić information content (AvgIpc) is 2.59. The van der Waals surface area contributed by atoms with Crippen LogP contribution >= 0.6 is 11.6 Å². The van der Waals surface area contributed by atoms with E-state index in [1.807, 2.05) is 0 Å². The third-order valence-corrected chi connectivity index (χ3v) is 3.57. The first-order valence-electron chi connectivity index (χ1n) is 6.81. The molecule has 2 rings (SSSR count). The Morgan fingerprint density at radius 1 is 1.21 bits per heavy atom. The van der Waals surface area contributed by atoms with E-state index in [0.717, 1.165) is 6.07 Å². The second-order valence-corrected chi connectivity index (χ2v) is 5.17. The highest BCUT2D eigenvalue weighted by molar-refractivity contribution is 6.32. The summed E-state index contributed by atoms with van der Waals surface area (Å²) in [6.45, 7) is 0. The van der Waals surface area contributed by atoms with Crippen LogP contribution in [0.4, 0.5) is 5.69 Å². The Morgan fingerprint density at radius 2 is 1.88 bits per heavy atom. The van der Waals surface area contributed by atoms with Gasteiger partial charge in [0.2, 0.25) is 0 Å². The average molecular weight is 349 g/mol. The number of ether oxygens (including phenoxy) is 1. The van der Waals surface area contributed by atoms with E-state index < -0.39 is 28.5 Å². The van der Waals surface area contributed by atoms with Gasteiger partial charge in [-0.15, -0.1) is 0 Å². The van der Waals surface area contributed by atoms with Crippen LogP contribution in [-0.2, 0) is 9.53 Å². The number of nitro benzene ring substituents is 1. The summed E-state index contributed by atoms with van der Waals surface area (Å²) in [4.78, 5) is 34.5. The van der Waals surface area contributed by atoms with Crippen LogP contribution in [-0.4, -0.2) is 23.9 Å². The van der Waals surface area contributed by atoms with Crippen molar-refractivity contribution in [2.45, 2.75) is 6.04 Å². The highest BCUT2D eigenvalue weighted by atomic mass is 35.5. The molecular weight excluding hydrogens is 336 g/mol. The lowest BCUT2D eigenvalue weighted by Crippen LogP contribution is -2.34. The zero-order valence-electron chi connectivity index (χ0n) is 12.6. The van der Waals surface area contributed by atoms with Crippen LogP contribution in [0.25, 0.3) is 0 Å². The summed E-state index contributed by atoms with van der Waals surface area (Å²) in [5.74, 6) is -1.31. The minimum Gasteiger partial charge on any atom is -0.467 e.